The number of rotatable bonds is 7. The molecular formula is C26H26N2O6. The largest absolute Gasteiger partial charge is 0.480 e. The number of nitrogens with one attached hydrogen (secondary N) is 2. The van der Waals surface area contributed by atoms with Crippen LogP contribution in [0.3, 0.4) is 0 Å². The van der Waals surface area contributed by atoms with Gasteiger partial charge >= 0.3 is 11.6 Å². The van der Waals surface area contributed by atoms with Crippen LogP contribution in [0, 0.1) is 20.8 Å². The molecule has 0 aliphatic carbocycles. The predicted octanol–water partition coefficient (Wildman–Crippen LogP) is 3.78. The molecule has 0 aliphatic rings. The number of amides is 1. The maximum Gasteiger partial charge on any atom is 0.339 e. The standard InChI is InChI=1S/C26H26N2O6/c1-13-14(2)26(32)34-23-15(3)22(10-9-18(13)23)33-16(4)24(29)28-21(25(30)31)11-17-12-27-20-8-6-5-7-19(17)20/h5-10,12,16,21,27H,11H2,1-4H3,(H,28,29)(H,30,31)/t16?,21-/m0/s1. The summed E-state index contributed by atoms with van der Waals surface area (Å²) in [6.45, 7) is 6.85. The minimum atomic E-state index is -1.14. The molecule has 0 saturated carbocycles. The first kappa shape index (κ1) is 23.1. The van der Waals surface area contributed by atoms with E-state index in [2.05, 4.69) is 10.3 Å². The van der Waals surface area contributed by atoms with Crippen molar-refractivity contribution in [2.75, 3.05) is 0 Å². The van der Waals surface area contributed by atoms with Crippen LogP contribution in [0.5, 0.6) is 5.75 Å². The van der Waals surface area contributed by atoms with Crippen molar-refractivity contribution in [1.29, 1.82) is 0 Å². The van der Waals surface area contributed by atoms with Crippen LogP contribution in [0.4, 0.5) is 0 Å². The Morgan fingerprint density at radius 2 is 1.79 bits per heavy atom. The van der Waals surface area contributed by atoms with Gasteiger partial charge in [0.25, 0.3) is 5.91 Å². The van der Waals surface area contributed by atoms with Crippen LogP contribution in [-0.4, -0.2) is 34.1 Å². The summed E-state index contributed by atoms with van der Waals surface area (Å²) in [6, 6.07) is 9.94. The van der Waals surface area contributed by atoms with Crippen LogP contribution in [0.1, 0.15) is 29.2 Å². The summed E-state index contributed by atoms with van der Waals surface area (Å²) in [5.74, 6) is -1.32. The highest BCUT2D eigenvalue weighted by molar-refractivity contribution is 5.89. The smallest absolute Gasteiger partial charge is 0.339 e. The summed E-state index contributed by atoms with van der Waals surface area (Å²) in [6.07, 6.45) is 0.901. The molecule has 4 aromatic rings. The number of aromatic nitrogens is 1. The summed E-state index contributed by atoms with van der Waals surface area (Å²) in [5, 5.41) is 14.0. The number of ether oxygens (including phenoxy) is 1. The number of carboxylic acid groups (broad SMARTS) is 1. The summed E-state index contributed by atoms with van der Waals surface area (Å²) < 4.78 is 11.3. The number of hydrogen-bond donors (Lipinski definition) is 3. The molecule has 0 aliphatic heterocycles. The van der Waals surface area contributed by atoms with E-state index in [0.717, 1.165) is 27.4 Å². The number of carboxylic acids is 1. The van der Waals surface area contributed by atoms with Crippen molar-refractivity contribution in [3.8, 4) is 5.75 Å². The number of para-hydroxylation sites is 1. The van der Waals surface area contributed by atoms with E-state index < -0.39 is 29.6 Å². The lowest BCUT2D eigenvalue weighted by Crippen LogP contribution is -2.47. The van der Waals surface area contributed by atoms with Crippen molar-refractivity contribution in [2.45, 2.75) is 46.3 Å². The Hall–Kier alpha value is -4.07. The average molecular weight is 463 g/mol. The highest BCUT2D eigenvalue weighted by Crippen LogP contribution is 2.30. The van der Waals surface area contributed by atoms with Gasteiger partial charge in [0.05, 0.1) is 0 Å². The fraction of sp³-hybridized carbons (Fsp3) is 0.269. The van der Waals surface area contributed by atoms with E-state index in [1.54, 1.807) is 39.1 Å². The topological polar surface area (TPSA) is 122 Å². The van der Waals surface area contributed by atoms with Gasteiger partial charge in [-0.3, -0.25) is 4.79 Å². The van der Waals surface area contributed by atoms with Gasteiger partial charge < -0.3 is 24.6 Å². The van der Waals surface area contributed by atoms with E-state index >= 15 is 0 Å². The highest BCUT2D eigenvalue weighted by Gasteiger charge is 2.26. The van der Waals surface area contributed by atoms with Gasteiger partial charge in [0.2, 0.25) is 0 Å². The van der Waals surface area contributed by atoms with Crippen LogP contribution in [0.15, 0.2) is 51.8 Å². The molecule has 0 bridgehead atoms. The van der Waals surface area contributed by atoms with Crippen LogP contribution >= 0.6 is 0 Å². The van der Waals surface area contributed by atoms with Gasteiger partial charge in [-0.1, -0.05) is 18.2 Å². The molecule has 0 spiro atoms. The summed E-state index contributed by atoms with van der Waals surface area (Å²) in [7, 11) is 0. The molecule has 4 rings (SSSR count). The van der Waals surface area contributed by atoms with Gasteiger partial charge in [-0.15, -0.1) is 0 Å². The highest BCUT2D eigenvalue weighted by atomic mass is 16.5. The maximum atomic E-state index is 12.8. The monoisotopic (exact) mass is 462 g/mol. The number of carbonyl (C=O) groups is 2. The second-order valence-corrected chi connectivity index (χ2v) is 8.43. The van der Waals surface area contributed by atoms with E-state index in [0.29, 0.717) is 22.5 Å². The lowest BCUT2D eigenvalue weighted by molar-refractivity contribution is -0.142. The second-order valence-electron chi connectivity index (χ2n) is 8.43. The third-order valence-electron chi connectivity index (χ3n) is 6.21. The average Bonchev–Trinajstić information content (AvgIpc) is 3.22. The molecule has 1 amide bonds. The van der Waals surface area contributed by atoms with Gasteiger partial charge in [0, 0.05) is 40.0 Å². The molecule has 2 aromatic heterocycles. The minimum absolute atomic E-state index is 0.122. The van der Waals surface area contributed by atoms with E-state index in [-0.39, 0.29) is 6.42 Å². The first-order chi connectivity index (χ1) is 16.2. The predicted molar refractivity (Wildman–Crippen MR) is 128 cm³/mol. The number of benzene rings is 2. The molecule has 8 nitrogen and oxygen atoms in total. The van der Waals surface area contributed by atoms with E-state index in [1.807, 2.05) is 31.2 Å². The number of H-pyrrole nitrogens is 1. The molecule has 3 N–H and O–H groups in total. The molecule has 0 radical (unpaired) electrons. The Balaban J connectivity index is 1.52. The fourth-order valence-corrected chi connectivity index (χ4v) is 4.01. The fourth-order valence-electron chi connectivity index (χ4n) is 4.01. The van der Waals surface area contributed by atoms with Gasteiger partial charge in [-0.25, -0.2) is 9.59 Å². The number of fused-ring (bicyclic) bond motifs is 2. The number of aliphatic carboxylic acids is 1. The third-order valence-corrected chi connectivity index (χ3v) is 6.21. The Morgan fingerprint density at radius 1 is 1.06 bits per heavy atom. The third kappa shape index (κ3) is 4.26. The molecule has 1 unspecified atom stereocenters. The molecule has 2 atom stereocenters. The quantitative estimate of drug-likeness (QED) is 0.359. The Bertz CT molecular complexity index is 1470. The summed E-state index contributed by atoms with van der Waals surface area (Å²) in [4.78, 5) is 39.9. The van der Waals surface area contributed by atoms with Gasteiger partial charge in [0.15, 0.2) is 6.10 Å². The summed E-state index contributed by atoms with van der Waals surface area (Å²) in [5.41, 5.74) is 3.64. The van der Waals surface area contributed by atoms with Gasteiger partial charge in [0.1, 0.15) is 17.4 Å². The lowest BCUT2D eigenvalue weighted by atomic mass is 10.0. The number of carbonyl (C=O) groups excluding carboxylic acids is 1. The van der Waals surface area contributed by atoms with Gasteiger partial charge in [-0.05, 0) is 57.0 Å². The van der Waals surface area contributed by atoms with E-state index in [4.69, 9.17) is 9.15 Å². The Labute approximate surface area is 195 Å². The van der Waals surface area contributed by atoms with Crippen molar-refractivity contribution >= 4 is 33.7 Å². The number of aryl methyl sites for hydroxylation is 2. The van der Waals surface area contributed by atoms with E-state index in [9.17, 15) is 19.5 Å². The zero-order valence-electron chi connectivity index (χ0n) is 19.4. The molecule has 8 heteroatoms. The molecular weight excluding hydrogens is 436 g/mol. The van der Waals surface area contributed by atoms with Crippen LogP contribution in [0.2, 0.25) is 0 Å². The first-order valence-electron chi connectivity index (χ1n) is 11.0. The van der Waals surface area contributed by atoms with Crippen molar-refractivity contribution in [1.82, 2.24) is 10.3 Å². The molecule has 34 heavy (non-hydrogen) atoms. The second kappa shape index (κ2) is 9.05. The maximum absolute atomic E-state index is 12.8. The summed E-state index contributed by atoms with van der Waals surface area (Å²) >= 11 is 0. The normalized spacial score (nSPS) is 13.1. The van der Waals surface area contributed by atoms with Crippen LogP contribution in [0.25, 0.3) is 21.9 Å². The Morgan fingerprint density at radius 3 is 2.53 bits per heavy atom. The van der Waals surface area contributed by atoms with Crippen molar-refractivity contribution < 1.29 is 23.8 Å². The van der Waals surface area contributed by atoms with Crippen molar-refractivity contribution in [2.24, 2.45) is 0 Å². The molecule has 2 heterocycles. The molecule has 176 valence electrons. The van der Waals surface area contributed by atoms with Crippen molar-refractivity contribution in [3.63, 3.8) is 0 Å². The van der Waals surface area contributed by atoms with E-state index in [1.165, 1.54) is 0 Å². The van der Waals surface area contributed by atoms with Crippen molar-refractivity contribution in [3.05, 3.63) is 75.3 Å². The zero-order valence-corrected chi connectivity index (χ0v) is 19.4. The Kier molecular flexibility index (Phi) is 6.15. The van der Waals surface area contributed by atoms with Crippen LogP contribution < -0.4 is 15.7 Å². The lowest BCUT2D eigenvalue weighted by Gasteiger charge is -2.20. The van der Waals surface area contributed by atoms with Gasteiger partial charge in [-0.2, -0.15) is 0 Å². The zero-order chi connectivity index (χ0) is 24.6. The van der Waals surface area contributed by atoms with Crippen LogP contribution in [-0.2, 0) is 16.0 Å². The minimum Gasteiger partial charge on any atom is -0.480 e. The number of aromatic amines is 1. The molecule has 2 aromatic carbocycles. The first-order valence-corrected chi connectivity index (χ1v) is 11.0. The number of hydrogen-bond acceptors (Lipinski definition) is 5. The molecule has 0 fully saturated rings. The molecule has 0 saturated heterocycles. The SMILES string of the molecule is Cc1c(C)c2ccc(OC(C)C(=O)N[C@@H](Cc3c[nH]c4ccccc34)C(=O)O)c(C)c2oc1=O.